The molecule has 0 saturated heterocycles. The second-order valence-electron chi connectivity index (χ2n) is 3.76. The molecule has 0 aliphatic carbocycles. The first-order valence-electron chi connectivity index (χ1n) is 5.27. The number of nitrogens with zero attached hydrogens (tertiary/aromatic N) is 2. The predicted molar refractivity (Wildman–Crippen MR) is 70.2 cm³/mol. The zero-order valence-electron chi connectivity index (χ0n) is 9.86. The molecule has 0 bridgehead atoms. The van der Waals surface area contributed by atoms with Crippen LogP contribution < -0.4 is 10.3 Å². The van der Waals surface area contributed by atoms with Crippen molar-refractivity contribution < 1.29 is 9.13 Å². The minimum absolute atomic E-state index is 0.00233. The van der Waals surface area contributed by atoms with Gasteiger partial charge in [0.2, 0.25) is 0 Å². The van der Waals surface area contributed by atoms with Gasteiger partial charge >= 0.3 is 0 Å². The van der Waals surface area contributed by atoms with Crippen molar-refractivity contribution in [2.45, 2.75) is 6.61 Å². The van der Waals surface area contributed by atoms with Crippen LogP contribution in [0.2, 0.25) is 10.2 Å². The topological polar surface area (TPSA) is 44.1 Å². The minimum Gasteiger partial charge on any atom is -0.484 e. The summed E-state index contributed by atoms with van der Waals surface area (Å²) in [5.41, 5.74) is -0.288. The summed E-state index contributed by atoms with van der Waals surface area (Å²) in [6.07, 6.45) is 0. The number of halogens is 3. The van der Waals surface area contributed by atoms with E-state index in [4.69, 9.17) is 27.9 Å². The van der Waals surface area contributed by atoms with Crippen molar-refractivity contribution in [3.05, 3.63) is 56.4 Å². The SMILES string of the molecule is Cn1c(COc2ccc(F)cc2Cl)nc(Cl)cc1=O. The highest BCUT2D eigenvalue weighted by molar-refractivity contribution is 6.32. The molecule has 0 atom stereocenters. The van der Waals surface area contributed by atoms with Gasteiger partial charge in [-0.15, -0.1) is 0 Å². The Hall–Kier alpha value is -1.59. The third-order valence-corrected chi connectivity index (χ3v) is 2.94. The highest BCUT2D eigenvalue weighted by Crippen LogP contribution is 2.25. The van der Waals surface area contributed by atoms with Gasteiger partial charge in [0.25, 0.3) is 5.56 Å². The van der Waals surface area contributed by atoms with E-state index in [-0.39, 0.29) is 22.3 Å². The van der Waals surface area contributed by atoms with Gasteiger partial charge in [-0.1, -0.05) is 23.2 Å². The van der Waals surface area contributed by atoms with E-state index >= 15 is 0 Å². The molecule has 0 radical (unpaired) electrons. The smallest absolute Gasteiger partial charge is 0.254 e. The van der Waals surface area contributed by atoms with Crippen molar-refractivity contribution in [1.82, 2.24) is 9.55 Å². The first-order valence-corrected chi connectivity index (χ1v) is 6.03. The largest absolute Gasteiger partial charge is 0.484 e. The molecule has 0 amide bonds. The second kappa shape index (κ2) is 5.59. The molecule has 1 aromatic heterocycles. The molecule has 100 valence electrons. The third-order valence-electron chi connectivity index (χ3n) is 2.45. The first-order chi connectivity index (χ1) is 8.97. The van der Waals surface area contributed by atoms with Gasteiger partial charge in [-0.2, -0.15) is 0 Å². The molecular weight excluding hydrogens is 294 g/mol. The Labute approximate surface area is 118 Å². The van der Waals surface area contributed by atoms with E-state index in [1.807, 2.05) is 0 Å². The molecular formula is C12H9Cl2FN2O2. The Balaban J connectivity index is 2.21. The van der Waals surface area contributed by atoms with Gasteiger partial charge in [-0.3, -0.25) is 9.36 Å². The van der Waals surface area contributed by atoms with Crippen LogP contribution in [0.3, 0.4) is 0 Å². The van der Waals surface area contributed by atoms with E-state index in [2.05, 4.69) is 4.98 Å². The van der Waals surface area contributed by atoms with Crippen LogP contribution in [-0.2, 0) is 13.7 Å². The fourth-order valence-electron chi connectivity index (χ4n) is 1.42. The molecule has 19 heavy (non-hydrogen) atoms. The van der Waals surface area contributed by atoms with Gasteiger partial charge < -0.3 is 4.74 Å². The number of hydrogen-bond acceptors (Lipinski definition) is 3. The maximum Gasteiger partial charge on any atom is 0.254 e. The predicted octanol–water partition coefficient (Wildman–Crippen LogP) is 2.81. The number of aromatic nitrogens is 2. The number of rotatable bonds is 3. The molecule has 0 spiro atoms. The van der Waals surface area contributed by atoms with Gasteiger partial charge in [-0.25, -0.2) is 9.37 Å². The average molecular weight is 303 g/mol. The fourth-order valence-corrected chi connectivity index (χ4v) is 1.83. The Morgan fingerprint density at radius 2 is 2.11 bits per heavy atom. The monoisotopic (exact) mass is 302 g/mol. The summed E-state index contributed by atoms with van der Waals surface area (Å²) in [6, 6.07) is 4.98. The normalized spacial score (nSPS) is 10.5. The first kappa shape index (κ1) is 13.8. The standard InChI is InChI=1S/C12H9Cl2FN2O2/c1-17-11(16-10(14)5-12(17)18)6-19-9-3-2-7(15)4-8(9)13/h2-5H,6H2,1H3. The van der Waals surface area contributed by atoms with Gasteiger partial charge in [0, 0.05) is 13.1 Å². The average Bonchev–Trinajstić information content (AvgIpc) is 2.33. The van der Waals surface area contributed by atoms with Gasteiger partial charge in [0.1, 0.15) is 23.3 Å². The molecule has 0 fully saturated rings. The van der Waals surface area contributed by atoms with Crippen molar-refractivity contribution in [1.29, 1.82) is 0 Å². The lowest BCUT2D eigenvalue weighted by molar-refractivity contribution is 0.288. The van der Waals surface area contributed by atoms with Gasteiger partial charge in [0.05, 0.1) is 5.02 Å². The molecule has 2 rings (SSSR count). The van der Waals surface area contributed by atoms with Gasteiger partial charge in [0.15, 0.2) is 5.82 Å². The lowest BCUT2D eigenvalue weighted by atomic mass is 10.3. The summed E-state index contributed by atoms with van der Waals surface area (Å²) < 4.78 is 19.6. The summed E-state index contributed by atoms with van der Waals surface area (Å²) in [6.45, 7) is -0.00233. The molecule has 7 heteroatoms. The Morgan fingerprint density at radius 3 is 2.79 bits per heavy atom. The van der Waals surface area contributed by atoms with Crippen LogP contribution in [0.15, 0.2) is 29.1 Å². The summed E-state index contributed by atoms with van der Waals surface area (Å²) in [7, 11) is 1.55. The lowest BCUT2D eigenvalue weighted by Crippen LogP contribution is -2.22. The van der Waals surface area contributed by atoms with Crippen molar-refractivity contribution in [2.24, 2.45) is 7.05 Å². The minimum atomic E-state index is -0.453. The van der Waals surface area contributed by atoms with Crippen molar-refractivity contribution in [3.8, 4) is 5.75 Å². The molecule has 0 saturated carbocycles. The Bertz CT molecular complexity index is 673. The van der Waals surface area contributed by atoms with Crippen LogP contribution in [0.25, 0.3) is 0 Å². The molecule has 1 aromatic carbocycles. The van der Waals surface area contributed by atoms with Crippen LogP contribution in [0.5, 0.6) is 5.75 Å². The maximum absolute atomic E-state index is 12.9. The molecule has 0 unspecified atom stereocenters. The molecule has 0 aliphatic heterocycles. The summed E-state index contributed by atoms with van der Waals surface area (Å²) in [5.74, 6) is 0.195. The van der Waals surface area contributed by atoms with E-state index in [1.54, 1.807) is 7.05 Å². The van der Waals surface area contributed by atoms with Gasteiger partial charge in [-0.05, 0) is 18.2 Å². The van der Waals surface area contributed by atoms with E-state index < -0.39 is 5.82 Å². The van der Waals surface area contributed by atoms with Crippen molar-refractivity contribution >= 4 is 23.2 Å². The molecule has 4 nitrogen and oxygen atoms in total. The van der Waals surface area contributed by atoms with E-state index in [0.717, 1.165) is 6.07 Å². The highest BCUT2D eigenvalue weighted by atomic mass is 35.5. The Morgan fingerprint density at radius 1 is 1.37 bits per heavy atom. The summed E-state index contributed by atoms with van der Waals surface area (Å²) in [4.78, 5) is 15.5. The van der Waals surface area contributed by atoms with E-state index in [9.17, 15) is 9.18 Å². The zero-order chi connectivity index (χ0) is 14.0. The summed E-state index contributed by atoms with van der Waals surface area (Å²) >= 11 is 11.5. The number of benzene rings is 1. The lowest BCUT2D eigenvalue weighted by Gasteiger charge is -2.10. The molecule has 2 aromatic rings. The van der Waals surface area contributed by atoms with E-state index in [0.29, 0.717) is 11.6 Å². The molecule has 0 aliphatic rings. The van der Waals surface area contributed by atoms with Crippen LogP contribution in [0, 0.1) is 5.82 Å². The Kier molecular flexibility index (Phi) is 4.07. The molecule has 1 heterocycles. The summed E-state index contributed by atoms with van der Waals surface area (Å²) in [5, 5.41) is 0.235. The highest BCUT2D eigenvalue weighted by Gasteiger charge is 2.08. The number of hydrogen-bond donors (Lipinski definition) is 0. The van der Waals surface area contributed by atoms with Crippen LogP contribution in [0.1, 0.15) is 5.82 Å². The van der Waals surface area contributed by atoms with Crippen LogP contribution >= 0.6 is 23.2 Å². The quantitative estimate of drug-likeness (QED) is 0.819. The van der Waals surface area contributed by atoms with Crippen LogP contribution in [0.4, 0.5) is 4.39 Å². The zero-order valence-corrected chi connectivity index (χ0v) is 11.4. The van der Waals surface area contributed by atoms with E-state index in [1.165, 1.54) is 22.8 Å². The van der Waals surface area contributed by atoms with Crippen LogP contribution in [-0.4, -0.2) is 9.55 Å². The molecule has 0 N–H and O–H groups in total. The maximum atomic E-state index is 12.9. The third kappa shape index (κ3) is 3.24. The number of ether oxygens (including phenoxy) is 1. The van der Waals surface area contributed by atoms with Crippen molar-refractivity contribution in [2.75, 3.05) is 0 Å². The van der Waals surface area contributed by atoms with Crippen molar-refractivity contribution in [3.63, 3.8) is 0 Å². The fraction of sp³-hybridized carbons (Fsp3) is 0.167. The second-order valence-corrected chi connectivity index (χ2v) is 4.55.